The van der Waals surface area contributed by atoms with Crippen molar-refractivity contribution in [1.29, 1.82) is 0 Å². The minimum absolute atomic E-state index is 0.0465. The number of aromatic nitrogens is 4. The van der Waals surface area contributed by atoms with E-state index in [9.17, 15) is 19.8 Å². The monoisotopic (exact) mass is 403 g/mol. The first-order valence-corrected chi connectivity index (χ1v) is 9.79. The van der Waals surface area contributed by atoms with E-state index in [-0.39, 0.29) is 53.7 Å². The lowest BCUT2D eigenvalue weighted by Crippen LogP contribution is -2.65. The molecule has 1 amide bonds. The second-order valence-corrected chi connectivity index (χ2v) is 8.72. The highest BCUT2D eigenvalue weighted by atomic mass is 16.8. The number of hydrogen-bond donors (Lipinski definition) is 4. The van der Waals surface area contributed by atoms with Crippen LogP contribution >= 0.6 is 0 Å². The number of anilines is 1. The molecule has 0 aromatic carbocycles. The number of H-pyrrole nitrogens is 1. The fourth-order valence-corrected chi connectivity index (χ4v) is 5.41. The van der Waals surface area contributed by atoms with Crippen LogP contribution in [0.4, 0.5) is 5.95 Å². The summed E-state index contributed by atoms with van der Waals surface area (Å²) in [5.41, 5.74) is -0.0143. The Hall–Kier alpha value is -2.34. The van der Waals surface area contributed by atoms with Gasteiger partial charge in [-0.1, -0.05) is 13.8 Å². The zero-order valence-electron chi connectivity index (χ0n) is 15.8. The summed E-state index contributed by atoms with van der Waals surface area (Å²) in [5, 5.41) is 23.1. The summed E-state index contributed by atoms with van der Waals surface area (Å²) in [7, 11) is 0. The van der Waals surface area contributed by atoms with Crippen LogP contribution in [-0.2, 0) is 14.3 Å². The molecular formula is C18H21N5O6. The van der Waals surface area contributed by atoms with Gasteiger partial charge in [0.15, 0.2) is 22.7 Å². The third-order valence-corrected chi connectivity index (χ3v) is 6.90. The zero-order chi connectivity index (χ0) is 20.3. The summed E-state index contributed by atoms with van der Waals surface area (Å²) in [4.78, 5) is 35.5. The van der Waals surface area contributed by atoms with Gasteiger partial charge in [-0.05, 0) is 6.42 Å². The Morgan fingerprint density at radius 2 is 2.28 bits per heavy atom. The van der Waals surface area contributed by atoms with Crippen molar-refractivity contribution in [3.63, 3.8) is 0 Å². The molecule has 2 bridgehead atoms. The molecule has 4 N–H and O–H groups in total. The maximum Gasteiger partial charge on any atom is 0.280 e. The van der Waals surface area contributed by atoms with Crippen LogP contribution in [0.15, 0.2) is 11.1 Å². The number of aliphatic hydroxyl groups is 2. The molecule has 11 nitrogen and oxygen atoms in total. The maximum atomic E-state index is 12.4. The SMILES string of the molecule is CC(C)C(=O)Nc1nc2c(ncn2C2C3C4CC5C(CO)OC32OC54O)c(=O)[nH]1. The second-order valence-electron chi connectivity index (χ2n) is 8.72. The molecular weight excluding hydrogens is 382 g/mol. The number of hydrogen-bond acceptors (Lipinski definition) is 8. The van der Waals surface area contributed by atoms with Gasteiger partial charge in [0.2, 0.25) is 11.9 Å². The molecule has 2 aromatic heterocycles. The number of imidazole rings is 1. The standard InChI is InChI=1S/C18H21N5O6/c1-6(2)14(25)21-16-20-13-11(15(26)22-16)19-5-23(13)12-10-8-3-7-9(4-24)28-18(10,12)29-17(7,8)27/h5-10,12,24,27H,3-4H2,1-2H3,(H2,20,21,22,25,26). The largest absolute Gasteiger partial charge is 0.394 e. The van der Waals surface area contributed by atoms with E-state index in [1.165, 1.54) is 6.33 Å². The van der Waals surface area contributed by atoms with Crippen molar-refractivity contribution in [2.24, 2.45) is 23.7 Å². The number of amides is 1. The summed E-state index contributed by atoms with van der Waals surface area (Å²) in [6.45, 7) is 3.28. The number of rotatable bonds is 4. The van der Waals surface area contributed by atoms with Gasteiger partial charge < -0.3 is 24.3 Å². The van der Waals surface area contributed by atoms with Crippen molar-refractivity contribution in [1.82, 2.24) is 19.5 Å². The second kappa shape index (κ2) is 5.22. The molecule has 29 heavy (non-hydrogen) atoms. The number of carbonyl (C=O) groups excluding carboxylic acids is 1. The lowest BCUT2D eigenvalue weighted by molar-refractivity contribution is -0.416. The van der Waals surface area contributed by atoms with E-state index >= 15 is 0 Å². The van der Waals surface area contributed by atoms with Crippen molar-refractivity contribution in [2.75, 3.05) is 11.9 Å². The molecule has 6 rings (SSSR count). The lowest BCUT2D eigenvalue weighted by Gasteiger charge is -2.54. The van der Waals surface area contributed by atoms with Crippen LogP contribution in [0.3, 0.4) is 0 Å². The Bertz CT molecular complexity index is 1110. The first-order chi connectivity index (χ1) is 13.8. The first-order valence-electron chi connectivity index (χ1n) is 9.79. The van der Waals surface area contributed by atoms with Gasteiger partial charge in [-0.15, -0.1) is 0 Å². The number of aromatic amines is 1. The Kier molecular flexibility index (Phi) is 3.15. The minimum atomic E-state index is -1.26. The maximum absolute atomic E-state index is 12.4. The van der Waals surface area contributed by atoms with E-state index in [1.54, 1.807) is 18.4 Å². The predicted molar refractivity (Wildman–Crippen MR) is 96.5 cm³/mol. The molecule has 4 fully saturated rings. The van der Waals surface area contributed by atoms with Crippen LogP contribution in [0.5, 0.6) is 0 Å². The Morgan fingerprint density at radius 1 is 1.48 bits per heavy atom. The van der Waals surface area contributed by atoms with Gasteiger partial charge >= 0.3 is 0 Å². The van der Waals surface area contributed by atoms with Crippen LogP contribution in [0.1, 0.15) is 26.3 Å². The Balaban J connectivity index is 1.40. The summed E-state index contributed by atoms with van der Waals surface area (Å²) in [6.07, 6.45) is 1.72. The topological polar surface area (TPSA) is 152 Å². The predicted octanol–water partition coefficient (Wildman–Crippen LogP) is -0.673. The number of aliphatic hydroxyl groups excluding tert-OH is 1. The summed E-state index contributed by atoms with van der Waals surface area (Å²) in [6, 6.07) is -0.323. The first kappa shape index (κ1) is 17.5. The molecule has 7 unspecified atom stereocenters. The van der Waals surface area contributed by atoms with Gasteiger partial charge in [0.05, 0.1) is 25.1 Å². The number of nitrogens with zero attached hydrogens (tertiary/aromatic N) is 3. The summed E-state index contributed by atoms with van der Waals surface area (Å²) in [5.74, 6) is -3.26. The smallest absolute Gasteiger partial charge is 0.280 e. The molecule has 2 saturated heterocycles. The molecule has 0 radical (unpaired) electrons. The zero-order valence-corrected chi connectivity index (χ0v) is 15.8. The lowest BCUT2D eigenvalue weighted by atomic mass is 9.64. The summed E-state index contributed by atoms with van der Waals surface area (Å²) >= 11 is 0. The molecule has 2 aliphatic heterocycles. The molecule has 11 heteroatoms. The van der Waals surface area contributed by atoms with Crippen LogP contribution in [0.25, 0.3) is 11.2 Å². The number of ether oxygens (including phenoxy) is 2. The van der Waals surface area contributed by atoms with E-state index in [2.05, 4.69) is 20.3 Å². The number of carbonyl (C=O) groups is 1. The average Bonchev–Trinajstić information content (AvgIpc) is 3.02. The van der Waals surface area contributed by atoms with E-state index in [0.717, 1.165) is 0 Å². The molecule has 154 valence electrons. The van der Waals surface area contributed by atoms with Gasteiger partial charge in [-0.25, -0.2) is 4.98 Å². The van der Waals surface area contributed by atoms with Crippen molar-refractivity contribution in [2.45, 2.75) is 44.0 Å². The molecule has 7 atom stereocenters. The third-order valence-electron chi connectivity index (χ3n) is 6.90. The van der Waals surface area contributed by atoms with Gasteiger partial charge in [0, 0.05) is 23.7 Å². The molecule has 2 aliphatic carbocycles. The average molecular weight is 403 g/mol. The molecule has 4 heterocycles. The minimum Gasteiger partial charge on any atom is -0.394 e. The fourth-order valence-electron chi connectivity index (χ4n) is 5.41. The molecule has 2 aromatic rings. The highest BCUT2D eigenvalue weighted by Gasteiger charge is 2.89. The van der Waals surface area contributed by atoms with Gasteiger partial charge in [0.25, 0.3) is 5.56 Å². The van der Waals surface area contributed by atoms with Crippen LogP contribution < -0.4 is 10.9 Å². The van der Waals surface area contributed by atoms with Gasteiger partial charge in [0.1, 0.15) is 0 Å². The molecule has 2 saturated carbocycles. The van der Waals surface area contributed by atoms with Gasteiger partial charge in [-0.3, -0.25) is 19.9 Å². The van der Waals surface area contributed by atoms with Crippen molar-refractivity contribution in [3.05, 3.63) is 16.7 Å². The number of nitrogens with one attached hydrogen (secondary N) is 2. The van der Waals surface area contributed by atoms with Crippen LogP contribution in [-0.4, -0.2) is 59.9 Å². The van der Waals surface area contributed by atoms with E-state index in [0.29, 0.717) is 12.1 Å². The quantitative estimate of drug-likeness (QED) is 0.524. The highest BCUT2D eigenvalue weighted by Crippen LogP contribution is 2.79. The van der Waals surface area contributed by atoms with Crippen molar-refractivity contribution < 1.29 is 24.5 Å². The Labute approximate surface area is 164 Å². The fraction of sp³-hybridized carbons (Fsp3) is 0.667. The van der Waals surface area contributed by atoms with Crippen molar-refractivity contribution in [3.8, 4) is 0 Å². The molecule has 1 spiro atoms. The third kappa shape index (κ3) is 1.96. The molecule has 4 aliphatic rings. The van der Waals surface area contributed by atoms with E-state index in [1.807, 2.05) is 0 Å². The normalized spacial score (nSPS) is 41.3. The summed E-state index contributed by atoms with van der Waals surface area (Å²) < 4.78 is 13.8. The van der Waals surface area contributed by atoms with Gasteiger partial charge in [-0.2, -0.15) is 4.98 Å². The number of fused-ring (bicyclic) bond motifs is 2. The Morgan fingerprint density at radius 3 is 3.00 bits per heavy atom. The van der Waals surface area contributed by atoms with Crippen molar-refractivity contribution >= 4 is 23.0 Å². The highest BCUT2D eigenvalue weighted by molar-refractivity contribution is 5.91. The van der Waals surface area contributed by atoms with Crippen LogP contribution in [0.2, 0.25) is 0 Å². The van der Waals surface area contributed by atoms with Crippen LogP contribution in [0, 0.1) is 23.7 Å². The van der Waals surface area contributed by atoms with E-state index in [4.69, 9.17) is 9.47 Å². The van der Waals surface area contributed by atoms with E-state index < -0.39 is 23.2 Å².